The first kappa shape index (κ1) is 13.0. The van der Waals surface area contributed by atoms with Gasteiger partial charge in [0, 0.05) is 11.7 Å². The third-order valence-electron chi connectivity index (χ3n) is 3.41. The van der Waals surface area contributed by atoms with Crippen molar-refractivity contribution in [1.29, 1.82) is 5.26 Å². The van der Waals surface area contributed by atoms with Crippen molar-refractivity contribution in [3.8, 4) is 6.07 Å². The first-order valence-corrected chi connectivity index (χ1v) is 6.64. The molecule has 0 aliphatic heterocycles. The fourth-order valence-corrected chi connectivity index (χ4v) is 2.33. The van der Waals surface area contributed by atoms with Crippen molar-refractivity contribution in [2.45, 2.75) is 13.0 Å². The number of rotatable bonds is 3. The SMILES string of the molecule is CC(Nc1cccc(C#N)c1)c1ccc2[nH]c(=O)[nH]c2c1. The van der Waals surface area contributed by atoms with Gasteiger partial charge in [-0.25, -0.2) is 4.79 Å². The summed E-state index contributed by atoms with van der Waals surface area (Å²) in [6, 6.07) is 15.3. The monoisotopic (exact) mass is 278 g/mol. The molecule has 0 aliphatic carbocycles. The molecule has 5 nitrogen and oxygen atoms in total. The first-order valence-electron chi connectivity index (χ1n) is 6.64. The van der Waals surface area contributed by atoms with E-state index in [-0.39, 0.29) is 11.7 Å². The minimum Gasteiger partial charge on any atom is -0.378 e. The molecular formula is C16H14N4O. The van der Waals surface area contributed by atoms with E-state index in [0.29, 0.717) is 5.56 Å². The second-order valence-corrected chi connectivity index (χ2v) is 4.94. The van der Waals surface area contributed by atoms with Crippen molar-refractivity contribution in [1.82, 2.24) is 9.97 Å². The normalized spacial score (nSPS) is 12.0. The number of nitrogens with one attached hydrogen (secondary N) is 3. The Bertz CT molecular complexity index is 885. The minimum atomic E-state index is -0.204. The number of aromatic nitrogens is 2. The standard InChI is InChI=1S/C16H14N4O/c1-10(18-13-4-2-3-11(7-13)9-17)12-5-6-14-15(8-12)20-16(21)19-14/h2-8,10,18H,1H3,(H2,19,20,21). The van der Waals surface area contributed by atoms with Crippen LogP contribution in [0.15, 0.2) is 47.3 Å². The Morgan fingerprint density at radius 2 is 1.95 bits per heavy atom. The fourth-order valence-electron chi connectivity index (χ4n) is 2.33. The number of fused-ring (bicyclic) bond motifs is 1. The second kappa shape index (κ2) is 5.17. The number of imidazole rings is 1. The quantitative estimate of drug-likeness (QED) is 0.688. The number of nitriles is 1. The molecule has 0 amide bonds. The zero-order valence-electron chi connectivity index (χ0n) is 11.5. The van der Waals surface area contributed by atoms with Gasteiger partial charge in [-0.3, -0.25) is 0 Å². The number of hydrogen-bond donors (Lipinski definition) is 3. The van der Waals surface area contributed by atoms with Crippen molar-refractivity contribution in [2.75, 3.05) is 5.32 Å². The lowest BCUT2D eigenvalue weighted by atomic mass is 10.1. The van der Waals surface area contributed by atoms with Crippen LogP contribution in [-0.4, -0.2) is 9.97 Å². The van der Waals surface area contributed by atoms with Crippen LogP contribution in [0, 0.1) is 11.3 Å². The van der Waals surface area contributed by atoms with Gasteiger partial charge >= 0.3 is 5.69 Å². The maximum absolute atomic E-state index is 11.3. The summed E-state index contributed by atoms with van der Waals surface area (Å²) in [4.78, 5) is 16.7. The fraction of sp³-hybridized carbons (Fsp3) is 0.125. The first-order chi connectivity index (χ1) is 10.2. The molecule has 21 heavy (non-hydrogen) atoms. The van der Waals surface area contributed by atoms with Crippen LogP contribution in [0.2, 0.25) is 0 Å². The maximum Gasteiger partial charge on any atom is 0.323 e. The molecule has 0 radical (unpaired) electrons. The number of benzene rings is 2. The van der Waals surface area contributed by atoms with E-state index >= 15 is 0 Å². The molecule has 0 spiro atoms. The highest BCUT2D eigenvalue weighted by Crippen LogP contribution is 2.22. The van der Waals surface area contributed by atoms with Crippen LogP contribution >= 0.6 is 0 Å². The molecule has 3 aromatic rings. The van der Waals surface area contributed by atoms with Crippen LogP contribution in [0.4, 0.5) is 5.69 Å². The van der Waals surface area contributed by atoms with Gasteiger partial charge in [0.1, 0.15) is 0 Å². The lowest BCUT2D eigenvalue weighted by molar-refractivity contribution is 0.886. The van der Waals surface area contributed by atoms with Crippen molar-refractivity contribution >= 4 is 16.7 Å². The van der Waals surface area contributed by atoms with Gasteiger partial charge in [0.2, 0.25) is 0 Å². The van der Waals surface area contributed by atoms with Crippen molar-refractivity contribution in [3.63, 3.8) is 0 Å². The number of anilines is 1. The minimum absolute atomic E-state index is 0.0572. The van der Waals surface area contributed by atoms with E-state index in [1.807, 2.05) is 43.3 Å². The Kier molecular flexibility index (Phi) is 3.20. The highest BCUT2D eigenvalue weighted by atomic mass is 16.1. The molecular weight excluding hydrogens is 264 g/mol. The van der Waals surface area contributed by atoms with Gasteiger partial charge in [-0.05, 0) is 42.8 Å². The Labute approximate surface area is 121 Å². The summed E-state index contributed by atoms with van der Waals surface area (Å²) in [6.07, 6.45) is 0. The molecule has 0 fully saturated rings. The molecule has 0 saturated carbocycles. The summed E-state index contributed by atoms with van der Waals surface area (Å²) < 4.78 is 0. The average Bonchev–Trinajstić information content (AvgIpc) is 2.86. The Hall–Kier alpha value is -3.00. The summed E-state index contributed by atoms with van der Waals surface area (Å²) in [5.41, 5.74) is 3.95. The highest BCUT2D eigenvalue weighted by Gasteiger charge is 2.08. The molecule has 1 heterocycles. The van der Waals surface area contributed by atoms with Gasteiger partial charge in [0.15, 0.2) is 0 Å². The van der Waals surface area contributed by atoms with Gasteiger partial charge in [-0.1, -0.05) is 12.1 Å². The van der Waals surface area contributed by atoms with E-state index in [4.69, 9.17) is 5.26 Å². The van der Waals surface area contributed by atoms with E-state index in [1.54, 1.807) is 6.07 Å². The van der Waals surface area contributed by atoms with Crippen LogP contribution in [-0.2, 0) is 0 Å². The zero-order valence-corrected chi connectivity index (χ0v) is 11.5. The van der Waals surface area contributed by atoms with Gasteiger partial charge < -0.3 is 15.3 Å². The zero-order chi connectivity index (χ0) is 14.8. The topological polar surface area (TPSA) is 84.5 Å². The van der Waals surface area contributed by atoms with Crippen molar-refractivity contribution in [3.05, 3.63) is 64.1 Å². The molecule has 1 unspecified atom stereocenters. The Morgan fingerprint density at radius 1 is 1.14 bits per heavy atom. The lowest BCUT2D eigenvalue weighted by Gasteiger charge is -2.16. The number of hydrogen-bond acceptors (Lipinski definition) is 3. The molecule has 0 saturated heterocycles. The lowest BCUT2D eigenvalue weighted by Crippen LogP contribution is -2.06. The van der Waals surface area contributed by atoms with E-state index in [1.165, 1.54) is 0 Å². The van der Waals surface area contributed by atoms with E-state index in [9.17, 15) is 4.79 Å². The smallest absolute Gasteiger partial charge is 0.323 e. The van der Waals surface area contributed by atoms with Crippen LogP contribution in [0.3, 0.4) is 0 Å². The van der Waals surface area contributed by atoms with Gasteiger partial charge in [-0.2, -0.15) is 5.26 Å². The number of nitrogens with zero attached hydrogens (tertiary/aromatic N) is 1. The van der Waals surface area contributed by atoms with Gasteiger partial charge in [-0.15, -0.1) is 0 Å². The molecule has 104 valence electrons. The Balaban J connectivity index is 1.87. The highest BCUT2D eigenvalue weighted by molar-refractivity contribution is 5.75. The Morgan fingerprint density at radius 3 is 2.76 bits per heavy atom. The predicted octanol–water partition coefficient (Wildman–Crippen LogP) is 2.90. The summed E-state index contributed by atoms with van der Waals surface area (Å²) in [7, 11) is 0. The number of H-pyrrole nitrogens is 2. The van der Waals surface area contributed by atoms with E-state index < -0.39 is 0 Å². The predicted molar refractivity (Wildman–Crippen MR) is 82.1 cm³/mol. The third-order valence-corrected chi connectivity index (χ3v) is 3.41. The molecule has 1 atom stereocenters. The molecule has 1 aromatic heterocycles. The largest absolute Gasteiger partial charge is 0.378 e. The molecule has 0 bridgehead atoms. The summed E-state index contributed by atoms with van der Waals surface area (Å²) in [5.74, 6) is 0. The summed E-state index contributed by atoms with van der Waals surface area (Å²) >= 11 is 0. The molecule has 0 aliphatic rings. The summed E-state index contributed by atoms with van der Waals surface area (Å²) in [5, 5.41) is 12.3. The number of aromatic amines is 2. The second-order valence-electron chi connectivity index (χ2n) is 4.94. The molecule has 3 N–H and O–H groups in total. The average molecular weight is 278 g/mol. The molecule has 5 heteroatoms. The van der Waals surface area contributed by atoms with Gasteiger partial charge in [0.05, 0.1) is 22.7 Å². The molecule has 2 aromatic carbocycles. The molecule has 3 rings (SSSR count). The maximum atomic E-state index is 11.3. The van der Waals surface area contributed by atoms with Crippen LogP contribution in [0.1, 0.15) is 24.1 Å². The third kappa shape index (κ3) is 2.65. The van der Waals surface area contributed by atoms with Crippen LogP contribution < -0.4 is 11.0 Å². The summed E-state index contributed by atoms with van der Waals surface area (Å²) in [6.45, 7) is 2.03. The van der Waals surface area contributed by atoms with Crippen molar-refractivity contribution < 1.29 is 0 Å². The van der Waals surface area contributed by atoms with Crippen LogP contribution in [0.25, 0.3) is 11.0 Å². The van der Waals surface area contributed by atoms with E-state index in [2.05, 4.69) is 21.4 Å². The van der Waals surface area contributed by atoms with Gasteiger partial charge in [0.25, 0.3) is 0 Å². The van der Waals surface area contributed by atoms with Crippen molar-refractivity contribution in [2.24, 2.45) is 0 Å². The van der Waals surface area contributed by atoms with E-state index in [0.717, 1.165) is 22.3 Å². The van der Waals surface area contributed by atoms with Crippen LogP contribution in [0.5, 0.6) is 0 Å².